The summed E-state index contributed by atoms with van der Waals surface area (Å²) in [5.74, 6) is -0.396. The molecule has 0 aromatic heterocycles. The Hall–Kier alpha value is -0.760. The van der Waals surface area contributed by atoms with E-state index in [0.717, 1.165) is 0 Å². The Morgan fingerprint density at radius 2 is 2.11 bits per heavy atom. The topological polar surface area (TPSA) is 52.9 Å². The lowest BCUT2D eigenvalue weighted by Gasteiger charge is -2.19. The normalized spacial score (nSPS) is 13.6. The summed E-state index contributed by atoms with van der Waals surface area (Å²) in [5, 5.41) is 12.2. The maximum atomic E-state index is 12.0. The molecule has 6 heteroatoms. The number of hydrogen-bond donors (Lipinski definition) is 1. The summed E-state index contributed by atoms with van der Waals surface area (Å²) in [5.41, 5.74) is -0.687. The lowest BCUT2D eigenvalue weighted by atomic mass is 9.88. The predicted octanol–water partition coefficient (Wildman–Crippen LogP) is 4.63. The van der Waals surface area contributed by atoms with Gasteiger partial charge in [0.15, 0.2) is 0 Å². The molecule has 0 radical (unpaired) electrons. The highest BCUT2D eigenvalue weighted by atomic mass is 79.9. The molecular formula is C12H11BrCl2N2O. The summed E-state index contributed by atoms with van der Waals surface area (Å²) < 4.78 is 0.644. The largest absolute Gasteiger partial charge is 0.323 e. The van der Waals surface area contributed by atoms with Crippen LogP contribution in [0.25, 0.3) is 0 Å². The molecule has 1 aromatic carbocycles. The average molecular weight is 350 g/mol. The average Bonchev–Trinajstić information content (AvgIpc) is 2.38. The maximum absolute atomic E-state index is 12.0. The predicted molar refractivity (Wildman–Crippen MR) is 76.8 cm³/mol. The van der Waals surface area contributed by atoms with Gasteiger partial charge < -0.3 is 5.32 Å². The first kappa shape index (κ1) is 15.3. The molecule has 18 heavy (non-hydrogen) atoms. The lowest BCUT2D eigenvalue weighted by Crippen LogP contribution is -2.31. The molecule has 0 aliphatic rings. The number of carbonyl (C=O) groups is 1. The third-order valence-electron chi connectivity index (χ3n) is 2.74. The van der Waals surface area contributed by atoms with Crippen LogP contribution in [0.2, 0.25) is 10.0 Å². The zero-order valence-corrected chi connectivity index (χ0v) is 12.9. The van der Waals surface area contributed by atoms with E-state index in [9.17, 15) is 4.79 Å². The van der Waals surface area contributed by atoms with Crippen LogP contribution in [0.15, 0.2) is 16.6 Å². The molecule has 1 amide bonds. The van der Waals surface area contributed by atoms with Crippen molar-refractivity contribution in [3.05, 3.63) is 26.7 Å². The quantitative estimate of drug-likeness (QED) is 0.808. The molecule has 0 aliphatic carbocycles. The molecule has 0 bridgehead atoms. The molecule has 1 atom stereocenters. The summed E-state index contributed by atoms with van der Waals surface area (Å²) in [6.07, 6.45) is 0.414. The molecule has 1 N–H and O–H groups in total. The van der Waals surface area contributed by atoms with Crippen LogP contribution in [-0.2, 0) is 4.79 Å². The fraction of sp³-hybridized carbons (Fsp3) is 0.333. The van der Waals surface area contributed by atoms with Gasteiger partial charge in [-0.1, -0.05) is 30.1 Å². The molecule has 3 nitrogen and oxygen atoms in total. The minimum Gasteiger partial charge on any atom is -0.323 e. The molecule has 0 saturated heterocycles. The van der Waals surface area contributed by atoms with Crippen molar-refractivity contribution in [3.8, 4) is 6.07 Å². The van der Waals surface area contributed by atoms with E-state index in [1.165, 1.54) is 0 Å². The molecule has 1 unspecified atom stereocenters. The van der Waals surface area contributed by atoms with Gasteiger partial charge in [-0.3, -0.25) is 4.79 Å². The fourth-order valence-corrected chi connectivity index (χ4v) is 1.99. The first-order valence-corrected chi connectivity index (χ1v) is 6.76. The van der Waals surface area contributed by atoms with Gasteiger partial charge in [0.1, 0.15) is 5.41 Å². The van der Waals surface area contributed by atoms with Crippen molar-refractivity contribution in [2.75, 3.05) is 5.32 Å². The van der Waals surface area contributed by atoms with Gasteiger partial charge in [-0.25, -0.2) is 0 Å². The van der Waals surface area contributed by atoms with Crippen molar-refractivity contribution in [1.29, 1.82) is 5.26 Å². The third-order valence-corrected chi connectivity index (χ3v) is 4.51. The Morgan fingerprint density at radius 3 is 2.61 bits per heavy atom. The highest BCUT2D eigenvalue weighted by molar-refractivity contribution is 9.10. The van der Waals surface area contributed by atoms with Gasteiger partial charge in [-0.15, -0.1) is 0 Å². The van der Waals surface area contributed by atoms with E-state index in [2.05, 4.69) is 21.2 Å². The molecule has 0 heterocycles. The van der Waals surface area contributed by atoms with Crippen molar-refractivity contribution in [3.63, 3.8) is 0 Å². The van der Waals surface area contributed by atoms with Gasteiger partial charge >= 0.3 is 0 Å². The highest BCUT2D eigenvalue weighted by Gasteiger charge is 2.31. The second kappa shape index (κ2) is 5.92. The number of benzene rings is 1. The van der Waals surface area contributed by atoms with E-state index in [-0.39, 0.29) is 5.02 Å². The van der Waals surface area contributed by atoms with Crippen LogP contribution in [0.1, 0.15) is 20.3 Å². The summed E-state index contributed by atoms with van der Waals surface area (Å²) in [6.45, 7) is 3.36. The van der Waals surface area contributed by atoms with Gasteiger partial charge in [-0.05, 0) is 41.4 Å². The van der Waals surface area contributed by atoms with Crippen molar-refractivity contribution in [1.82, 2.24) is 0 Å². The first-order valence-electron chi connectivity index (χ1n) is 5.22. The van der Waals surface area contributed by atoms with Gasteiger partial charge in [-0.2, -0.15) is 5.26 Å². The Balaban J connectivity index is 3.04. The number of carbonyl (C=O) groups excluding carboxylic acids is 1. The third kappa shape index (κ3) is 2.97. The SMILES string of the molecule is CCC(C)(C#N)C(=O)Nc1ccc(Br)c(Cl)c1Cl. The van der Waals surface area contributed by atoms with E-state index in [1.807, 2.05) is 6.07 Å². The van der Waals surface area contributed by atoms with Crippen LogP contribution in [0.4, 0.5) is 5.69 Å². The molecule has 1 rings (SSSR count). The summed E-state index contributed by atoms with van der Waals surface area (Å²) in [6, 6.07) is 5.30. The van der Waals surface area contributed by atoms with Crippen molar-refractivity contribution >= 4 is 50.7 Å². The Kier molecular flexibility index (Phi) is 5.03. The highest BCUT2D eigenvalue weighted by Crippen LogP contribution is 2.36. The Labute approximate surface area is 124 Å². The molecule has 0 fully saturated rings. The summed E-state index contributed by atoms with van der Waals surface area (Å²) in [7, 11) is 0. The smallest absolute Gasteiger partial charge is 0.244 e. The van der Waals surface area contributed by atoms with Crippen molar-refractivity contribution in [2.24, 2.45) is 5.41 Å². The second-order valence-corrected chi connectivity index (χ2v) is 5.58. The van der Waals surface area contributed by atoms with Gasteiger partial charge in [0.05, 0.1) is 21.8 Å². The van der Waals surface area contributed by atoms with Gasteiger partial charge in [0.25, 0.3) is 0 Å². The number of halogens is 3. The summed E-state index contributed by atoms with van der Waals surface area (Å²) in [4.78, 5) is 12.0. The number of nitriles is 1. The standard InChI is InChI=1S/C12H11BrCl2N2O/c1-3-12(2,6-16)11(18)17-8-5-4-7(13)9(14)10(8)15/h4-5H,3H2,1-2H3,(H,17,18). The van der Waals surface area contributed by atoms with Crippen LogP contribution in [0, 0.1) is 16.7 Å². The van der Waals surface area contributed by atoms with Crippen LogP contribution < -0.4 is 5.32 Å². The van der Waals surface area contributed by atoms with Crippen molar-refractivity contribution in [2.45, 2.75) is 20.3 Å². The zero-order valence-electron chi connectivity index (χ0n) is 9.85. The van der Waals surface area contributed by atoms with Crippen LogP contribution >= 0.6 is 39.1 Å². The van der Waals surface area contributed by atoms with E-state index < -0.39 is 11.3 Å². The number of nitrogens with one attached hydrogen (secondary N) is 1. The van der Waals surface area contributed by atoms with Gasteiger partial charge in [0, 0.05) is 4.47 Å². The molecule has 96 valence electrons. The van der Waals surface area contributed by atoms with E-state index >= 15 is 0 Å². The number of hydrogen-bond acceptors (Lipinski definition) is 2. The molecular weight excluding hydrogens is 339 g/mol. The second-order valence-electron chi connectivity index (χ2n) is 3.97. The number of amides is 1. The van der Waals surface area contributed by atoms with Gasteiger partial charge in [0.2, 0.25) is 5.91 Å². The Morgan fingerprint density at radius 1 is 1.50 bits per heavy atom. The van der Waals surface area contributed by atoms with E-state index in [1.54, 1.807) is 26.0 Å². The fourth-order valence-electron chi connectivity index (χ4n) is 1.17. The number of nitrogens with zero attached hydrogens (tertiary/aromatic N) is 1. The zero-order chi connectivity index (χ0) is 13.9. The Bertz CT molecular complexity index is 528. The van der Waals surface area contributed by atoms with Crippen LogP contribution in [-0.4, -0.2) is 5.91 Å². The first-order chi connectivity index (χ1) is 8.35. The monoisotopic (exact) mass is 348 g/mol. The number of anilines is 1. The van der Waals surface area contributed by atoms with E-state index in [0.29, 0.717) is 21.6 Å². The molecule has 0 spiro atoms. The molecule has 0 saturated carbocycles. The number of rotatable bonds is 3. The minimum atomic E-state index is -1.08. The van der Waals surface area contributed by atoms with Crippen LogP contribution in [0.5, 0.6) is 0 Å². The maximum Gasteiger partial charge on any atom is 0.244 e. The molecule has 1 aromatic rings. The summed E-state index contributed by atoms with van der Waals surface area (Å²) >= 11 is 15.2. The van der Waals surface area contributed by atoms with Crippen molar-refractivity contribution < 1.29 is 4.79 Å². The van der Waals surface area contributed by atoms with E-state index in [4.69, 9.17) is 28.5 Å². The van der Waals surface area contributed by atoms with Crippen LogP contribution in [0.3, 0.4) is 0 Å². The lowest BCUT2D eigenvalue weighted by molar-refractivity contribution is -0.122. The molecule has 0 aliphatic heterocycles. The minimum absolute atomic E-state index is 0.246.